The van der Waals surface area contributed by atoms with Gasteiger partial charge in [-0.1, -0.05) is 6.92 Å². The van der Waals surface area contributed by atoms with Crippen molar-refractivity contribution in [1.82, 2.24) is 19.9 Å². The van der Waals surface area contributed by atoms with Gasteiger partial charge in [-0.25, -0.2) is 4.98 Å². The largest absolute Gasteiger partial charge is 0.365 e. The first kappa shape index (κ1) is 16.3. The Hall–Kier alpha value is -3.16. The maximum absolute atomic E-state index is 11.4. The normalized spacial score (nSPS) is 14.0. The van der Waals surface area contributed by atoms with Crippen LogP contribution < -0.4 is 16.0 Å². The third-order valence-corrected chi connectivity index (χ3v) is 4.48. The Kier molecular flexibility index (Phi) is 4.39. The molecule has 0 radical (unpaired) electrons. The highest BCUT2D eigenvalue weighted by atomic mass is 16.1. The van der Waals surface area contributed by atoms with Gasteiger partial charge in [-0.15, -0.1) is 0 Å². The van der Waals surface area contributed by atoms with E-state index in [0.717, 1.165) is 35.6 Å². The first-order valence-corrected chi connectivity index (χ1v) is 8.86. The van der Waals surface area contributed by atoms with Crippen molar-refractivity contribution in [3.63, 3.8) is 0 Å². The molecule has 0 spiro atoms. The van der Waals surface area contributed by atoms with E-state index in [0.29, 0.717) is 24.1 Å². The minimum absolute atomic E-state index is 0.00950. The minimum atomic E-state index is -0.00950. The molecule has 134 valence electrons. The molecule has 0 bridgehead atoms. The summed E-state index contributed by atoms with van der Waals surface area (Å²) in [6.45, 7) is 1.82. The van der Waals surface area contributed by atoms with Crippen LogP contribution in [0, 0.1) is 0 Å². The van der Waals surface area contributed by atoms with Crippen molar-refractivity contribution in [3.8, 4) is 0 Å². The number of rotatable bonds is 6. The molecule has 8 heteroatoms. The van der Waals surface area contributed by atoms with Crippen molar-refractivity contribution in [1.29, 1.82) is 0 Å². The van der Waals surface area contributed by atoms with Crippen LogP contribution in [0.5, 0.6) is 0 Å². The second-order valence-electron chi connectivity index (χ2n) is 6.37. The number of nitrogens with zero attached hydrogens (tertiary/aromatic N) is 3. The van der Waals surface area contributed by atoms with E-state index < -0.39 is 0 Å². The van der Waals surface area contributed by atoms with Crippen LogP contribution in [0.2, 0.25) is 0 Å². The van der Waals surface area contributed by atoms with Gasteiger partial charge in [-0.05, 0) is 43.5 Å². The molecule has 3 aromatic rings. The van der Waals surface area contributed by atoms with Crippen molar-refractivity contribution >= 4 is 40.2 Å². The highest BCUT2D eigenvalue weighted by Gasteiger charge is 2.20. The van der Waals surface area contributed by atoms with Crippen LogP contribution >= 0.6 is 0 Å². The minimum Gasteiger partial charge on any atom is -0.365 e. The third kappa shape index (κ3) is 3.44. The number of aromatic amines is 1. The zero-order valence-electron chi connectivity index (χ0n) is 14.5. The first-order chi connectivity index (χ1) is 12.7. The lowest BCUT2D eigenvalue weighted by Crippen LogP contribution is -2.27. The van der Waals surface area contributed by atoms with E-state index in [1.807, 2.05) is 31.2 Å². The van der Waals surface area contributed by atoms with Crippen LogP contribution in [0.15, 0.2) is 30.6 Å². The average Bonchev–Trinajstić information content (AvgIpc) is 3.08. The number of hydrogen-bond acceptors (Lipinski definition) is 6. The Labute approximate surface area is 150 Å². The molecular weight excluding hydrogens is 330 g/mol. The second kappa shape index (κ2) is 6.99. The SMILES string of the molecule is CCC(=O)Nc1ccc(Nc2nc(NC3CCC3)c3[nH]cnc3n2)cc1. The molecule has 0 saturated heterocycles. The summed E-state index contributed by atoms with van der Waals surface area (Å²) in [5, 5.41) is 9.49. The Balaban J connectivity index is 1.53. The average molecular weight is 351 g/mol. The summed E-state index contributed by atoms with van der Waals surface area (Å²) in [5.74, 6) is 1.24. The Morgan fingerprint density at radius 3 is 2.65 bits per heavy atom. The van der Waals surface area contributed by atoms with Crippen LogP contribution in [0.25, 0.3) is 11.2 Å². The molecule has 1 aromatic carbocycles. The Morgan fingerprint density at radius 1 is 1.19 bits per heavy atom. The number of amides is 1. The molecule has 0 unspecified atom stereocenters. The van der Waals surface area contributed by atoms with E-state index >= 15 is 0 Å². The molecule has 1 amide bonds. The fourth-order valence-corrected chi connectivity index (χ4v) is 2.75. The van der Waals surface area contributed by atoms with Crippen molar-refractivity contribution in [2.75, 3.05) is 16.0 Å². The number of H-pyrrole nitrogens is 1. The second-order valence-corrected chi connectivity index (χ2v) is 6.37. The number of aromatic nitrogens is 4. The summed E-state index contributed by atoms with van der Waals surface area (Å²) in [7, 11) is 0. The standard InChI is InChI=1S/C18H21N7O/c1-2-14(26)21-12-6-8-13(9-7-12)23-18-24-16-15(19-10-20-16)17(25-18)22-11-4-3-5-11/h6-11H,2-5H2,1H3,(H,21,26)(H3,19,20,22,23,24,25). The fourth-order valence-electron chi connectivity index (χ4n) is 2.75. The van der Waals surface area contributed by atoms with Gasteiger partial charge in [0, 0.05) is 23.8 Å². The number of carbonyl (C=O) groups excluding carboxylic acids is 1. The van der Waals surface area contributed by atoms with Crippen molar-refractivity contribution in [3.05, 3.63) is 30.6 Å². The molecule has 1 aliphatic rings. The lowest BCUT2D eigenvalue weighted by molar-refractivity contribution is -0.115. The molecule has 26 heavy (non-hydrogen) atoms. The van der Waals surface area contributed by atoms with Crippen molar-refractivity contribution < 1.29 is 4.79 Å². The lowest BCUT2D eigenvalue weighted by Gasteiger charge is -2.27. The van der Waals surface area contributed by atoms with E-state index in [-0.39, 0.29) is 5.91 Å². The van der Waals surface area contributed by atoms with Crippen LogP contribution in [-0.2, 0) is 4.79 Å². The number of fused-ring (bicyclic) bond motifs is 1. The molecule has 1 aliphatic carbocycles. The number of anilines is 4. The van der Waals surface area contributed by atoms with E-state index in [1.54, 1.807) is 6.33 Å². The molecule has 4 N–H and O–H groups in total. The van der Waals surface area contributed by atoms with Gasteiger partial charge in [0.05, 0.1) is 6.33 Å². The van der Waals surface area contributed by atoms with Gasteiger partial charge in [0.15, 0.2) is 11.5 Å². The molecule has 1 fully saturated rings. The molecule has 0 atom stereocenters. The predicted molar refractivity (Wildman–Crippen MR) is 102 cm³/mol. The van der Waals surface area contributed by atoms with Crippen LogP contribution in [0.4, 0.5) is 23.1 Å². The number of hydrogen-bond donors (Lipinski definition) is 4. The van der Waals surface area contributed by atoms with Gasteiger partial charge in [0.1, 0.15) is 5.52 Å². The van der Waals surface area contributed by atoms with E-state index in [1.165, 1.54) is 6.42 Å². The molecule has 1 saturated carbocycles. The number of imidazole rings is 1. The predicted octanol–water partition coefficient (Wildman–Crippen LogP) is 3.41. The molecular formula is C18H21N7O. The van der Waals surface area contributed by atoms with Gasteiger partial charge in [-0.2, -0.15) is 9.97 Å². The lowest BCUT2D eigenvalue weighted by atomic mass is 9.93. The summed E-state index contributed by atoms with van der Waals surface area (Å²) in [5.41, 5.74) is 3.04. The zero-order chi connectivity index (χ0) is 17.9. The maximum atomic E-state index is 11.4. The first-order valence-electron chi connectivity index (χ1n) is 8.86. The smallest absolute Gasteiger partial charge is 0.231 e. The van der Waals surface area contributed by atoms with Gasteiger partial charge in [0.25, 0.3) is 0 Å². The van der Waals surface area contributed by atoms with Gasteiger partial charge in [-0.3, -0.25) is 4.79 Å². The van der Waals surface area contributed by atoms with Gasteiger partial charge >= 0.3 is 0 Å². The van der Waals surface area contributed by atoms with Crippen molar-refractivity contribution in [2.45, 2.75) is 38.6 Å². The number of nitrogens with one attached hydrogen (secondary N) is 4. The van der Waals surface area contributed by atoms with Crippen LogP contribution in [-0.4, -0.2) is 31.9 Å². The summed E-state index contributed by atoms with van der Waals surface area (Å²) in [6.07, 6.45) is 5.65. The molecule has 8 nitrogen and oxygen atoms in total. The fraction of sp³-hybridized carbons (Fsp3) is 0.333. The highest BCUT2D eigenvalue weighted by molar-refractivity contribution is 5.90. The highest BCUT2D eigenvalue weighted by Crippen LogP contribution is 2.27. The van der Waals surface area contributed by atoms with E-state index in [4.69, 9.17) is 0 Å². The summed E-state index contributed by atoms with van der Waals surface area (Å²) < 4.78 is 0. The summed E-state index contributed by atoms with van der Waals surface area (Å²) >= 11 is 0. The monoisotopic (exact) mass is 351 g/mol. The molecule has 2 aromatic heterocycles. The zero-order valence-corrected chi connectivity index (χ0v) is 14.5. The number of benzene rings is 1. The Morgan fingerprint density at radius 2 is 1.96 bits per heavy atom. The van der Waals surface area contributed by atoms with Gasteiger partial charge in [0.2, 0.25) is 11.9 Å². The van der Waals surface area contributed by atoms with E-state index in [2.05, 4.69) is 35.9 Å². The third-order valence-electron chi connectivity index (χ3n) is 4.48. The Bertz CT molecular complexity index is 915. The molecule has 0 aliphatic heterocycles. The van der Waals surface area contributed by atoms with E-state index in [9.17, 15) is 4.79 Å². The van der Waals surface area contributed by atoms with Crippen LogP contribution in [0.3, 0.4) is 0 Å². The quantitative estimate of drug-likeness (QED) is 0.542. The topological polar surface area (TPSA) is 108 Å². The summed E-state index contributed by atoms with van der Waals surface area (Å²) in [6, 6.07) is 7.91. The van der Waals surface area contributed by atoms with Crippen LogP contribution in [0.1, 0.15) is 32.6 Å². The summed E-state index contributed by atoms with van der Waals surface area (Å²) in [4.78, 5) is 27.9. The van der Waals surface area contributed by atoms with Crippen molar-refractivity contribution in [2.24, 2.45) is 0 Å². The molecule has 2 heterocycles. The molecule has 4 rings (SSSR count). The maximum Gasteiger partial charge on any atom is 0.231 e. The number of carbonyl (C=O) groups is 1. The van der Waals surface area contributed by atoms with Gasteiger partial charge < -0.3 is 20.9 Å².